The van der Waals surface area contributed by atoms with Crippen molar-refractivity contribution in [3.63, 3.8) is 0 Å². The molecule has 0 bridgehead atoms. The molecule has 0 radical (unpaired) electrons. The van der Waals surface area contributed by atoms with Crippen LogP contribution in [0.4, 0.5) is 0 Å². The van der Waals surface area contributed by atoms with Crippen LogP contribution < -0.4 is 10.1 Å². The van der Waals surface area contributed by atoms with E-state index in [0.29, 0.717) is 30.5 Å². The summed E-state index contributed by atoms with van der Waals surface area (Å²) in [6.07, 6.45) is -0.616. The molecule has 6 heteroatoms. The molecule has 5 nitrogen and oxygen atoms in total. The van der Waals surface area contributed by atoms with E-state index in [9.17, 15) is 5.11 Å². The Balaban J connectivity index is 2.16. The maximum Gasteiger partial charge on any atom is 0.119 e. The highest BCUT2D eigenvalue weighted by Gasteiger charge is 2.09. The average Bonchev–Trinajstić information content (AvgIpc) is 2.45. The SMILES string of the molecule is COCC(CNCC(O)COc1ccc(Cl)cc1)OC. The van der Waals surface area contributed by atoms with Gasteiger partial charge in [-0.1, -0.05) is 11.6 Å². The third-order valence-corrected chi connectivity index (χ3v) is 2.95. The molecule has 0 amide bonds. The summed E-state index contributed by atoms with van der Waals surface area (Å²) < 4.78 is 15.7. The molecule has 0 fully saturated rings. The Labute approximate surface area is 124 Å². The van der Waals surface area contributed by atoms with Crippen molar-refractivity contribution in [2.24, 2.45) is 0 Å². The number of nitrogens with one attached hydrogen (secondary N) is 1. The fraction of sp³-hybridized carbons (Fsp3) is 0.571. The molecule has 0 aliphatic carbocycles. The van der Waals surface area contributed by atoms with Gasteiger partial charge >= 0.3 is 0 Å². The lowest BCUT2D eigenvalue weighted by Crippen LogP contribution is -2.38. The first-order chi connectivity index (χ1) is 9.65. The van der Waals surface area contributed by atoms with Crippen LogP contribution in [-0.2, 0) is 9.47 Å². The monoisotopic (exact) mass is 303 g/mol. The zero-order chi connectivity index (χ0) is 14.8. The third-order valence-electron chi connectivity index (χ3n) is 2.69. The van der Waals surface area contributed by atoms with E-state index >= 15 is 0 Å². The fourth-order valence-corrected chi connectivity index (χ4v) is 1.72. The van der Waals surface area contributed by atoms with Crippen LogP contribution in [0.1, 0.15) is 0 Å². The topological polar surface area (TPSA) is 60.0 Å². The molecule has 0 saturated heterocycles. The van der Waals surface area contributed by atoms with Crippen LogP contribution in [0.15, 0.2) is 24.3 Å². The number of aliphatic hydroxyl groups is 1. The molecule has 0 aliphatic rings. The van der Waals surface area contributed by atoms with Crippen LogP contribution in [0.5, 0.6) is 5.75 Å². The van der Waals surface area contributed by atoms with Crippen LogP contribution >= 0.6 is 11.6 Å². The first-order valence-electron chi connectivity index (χ1n) is 6.44. The van der Waals surface area contributed by atoms with Gasteiger partial charge in [-0.15, -0.1) is 0 Å². The minimum Gasteiger partial charge on any atom is -0.491 e. The van der Waals surface area contributed by atoms with Crippen molar-refractivity contribution in [1.82, 2.24) is 5.32 Å². The van der Waals surface area contributed by atoms with E-state index in [2.05, 4.69) is 5.32 Å². The summed E-state index contributed by atoms with van der Waals surface area (Å²) in [7, 11) is 3.26. The van der Waals surface area contributed by atoms with Crippen LogP contribution in [0.3, 0.4) is 0 Å². The number of hydrogen-bond donors (Lipinski definition) is 2. The summed E-state index contributed by atoms with van der Waals surface area (Å²) >= 11 is 5.77. The molecule has 114 valence electrons. The molecule has 1 rings (SSSR count). The minimum absolute atomic E-state index is 0.0237. The zero-order valence-corrected chi connectivity index (χ0v) is 12.6. The van der Waals surface area contributed by atoms with Crippen LogP contribution in [0, 0.1) is 0 Å². The second-order valence-corrected chi connectivity index (χ2v) is 4.83. The molecule has 1 aromatic rings. The second-order valence-electron chi connectivity index (χ2n) is 4.39. The predicted octanol–water partition coefficient (Wildman–Crippen LogP) is 1.33. The van der Waals surface area contributed by atoms with Crippen LogP contribution in [0.25, 0.3) is 0 Å². The number of rotatable bonds is 10. The molecular weight excluding hydrogens is 282 g/mol. The lowest BCUT2D eigenvalue weighted by molar-refractivity contribution is 0.0257. The van der Waals surface area contributed by atoms with Crippen molar-refractivity contribution in [2.75, 3.05) is 40.5 Å². The zero-order valence-electron chi connectivity index (χ0n) is 11.8. The molecule has 1 aromatic carbocycles. The van der Waals surface area contributed by atoms with Gasteiger partial charge in [0.05, 0.1) is 12.7 Å². The van der Waals surface area contributed by atoms with Gasteiger partial charge in [-0.05, 0) is 24.3 Å². The number of methoxy groups -OCH3 is 2. The summed E-state index contributed by atoms with van der Waals surface area (Å²) in [6, 6.07) is 7.02. The highest BCUT2D eigenvalue weighted by molar-refractivity contribution is 6.30. The summed E-state index contributed by atoms with van der Waals surface area (Å²) in [4.78, 5) is 0. The molecule has 20 heavy (non-hydrogen) atoms. The van der Waals surface area contributed by atoms with Gasteiger partial charge in [-0.25, -0.2) is 0 Å². The van der Waals surface area contributed by atoms with Gasteiger partial charge in [0.15, 0.2) is 0 Å². The summed E-state index contributed by atoms with van der Waals surface area (Å²) in [5.74, 6) is 0.683. The molecule has 0 aliphatic heterocycles. The van der Waals surface area contributed by atoms with Gasteiger partial charge in [-0.3, -0.25) is 0 Å². The quantitative estimate of drug-likeness (QED) is 0.683. The lowest BCUT2D eigenvalue weighted by atomic mass is 10.3. The predicted molar refractivity (Wildman–Crippen MR) is 78.5 cm³/mol. The average molecular weight is 304 g/mol. The van der Waals surface area contributed by atoms with Crippen LogP contribution in [0.2, 0.25) is 5.02 Å². The van der Waals surface area contributed by atoms with Crippen molar-refractivity contribution in [1.29, 1.82) is 0 Å². The third kappa shape index (κ3) is 7.07. The minimum atomic E-state index is -0.592. The van der Waals surface area contributed by atoms with E-state index < -0.39 is 6.10 Å². The van der Waals surface area contributed by atoms with E-state index in [1.165, 1.54) is 0 Å². The Hall–Kier alpha value is -0.850. The van der Waals surface area contributed by atoms with Crippen molar-refractivity contribution in [3.05, 3.63) is 29.3 Å². The van der Waals surface area contributed by atoms with Gasteiger partial charge in [0, 0.05) is 32.3 Å². The van der Waals surface area contributed by atoms with Crippen molar-refractivity contribution < 1.29 is 19.3 Å². The van der Waals surface area contributed by atoms with E-state index in [0.717, 1.165) is 0 Å². The number of hydrogen-bond acceptors (Lipinski definition) is 5. The summed E-state index contributed by atoms with van der Waals surface area (Å²) in [5, 5.41) is 13.6. The summed E-state index contributed by atoms with van der Waals surface area (Å²) in [6.45, 7) is 1.77. The first-order valence-corrected chi connectivity index (χ1v) is 6.82. The molecule has 0 spiro atoms. The number of ether oxygens (including phenoxy) is 3. The van der Waals surface area contributed by atoms with E-state index in [1.807, 2.05) is 0 Å². The van der Waals surface area contributed by atoms with E-state index in [-0.39, 0.29) is 12.7 Å². The maximum absolute atomic E-state index is 9.79. The van der Waals surface area contributed by atoms with Gasteiger partial charge in [0.25, 0.3) is 0 Å². The van der Waals surface area contributed by atoms with E-state index in [1.54, 1.807) is 38.5 Å². The van der Waals surface area contributed by atoms with Crippen molar-refractivity contribution in [3.8, 4) is 5.75 Å². The standard InChI is InChI=1S/C14H22ClNO4/c1-18-10-14(19-2)8-16-7-12(17)9-20-13-5-3-11(15)4-6-13/h3-6,12,14,16-17H,7-10H2,1-2H3. The lowest BCUT2D eigenvalue weighted by Gasteiger charge is -2.17. The number of halogens is 1. The Morgan fingerprint density at radius 2 is 1.85 bits per heavy atom. The molecule has 0 saturated carbocycles. The molecule has 2 atom stereocenters. The van der Waals surface area contributed by atoms with E-state index in [4.69, 9.17) is 25.8 Å². The molecule has 0 heterocycles. The van der Waals surface area contributed by atoms with Gasteiger partial charge < -0.3 is 24.6 Å². The number of benzene rings is 1. The molecule has 2 unspecified atom stereocenters. The highest BCUT2D eigenvalue weighted by Crippen LogP contribution is 2.15. The Bertz CT molecular complexity index is 361. The van der Waals surface area contributed by atoms with Crippen molar-refractivity contribution in [2.45, 2.75) is 12.2 Å². The molecule has 0 aromatic heterocycles. The smallest absolute Gasteiger partial charge is 0.119 e. The van der Waals surface area contributed by atoms with Crippen molar-refractivity contribution >= 4 is 11.6 Å². The number of aliphatic hydroxyl groups excluding tert-OH is 1. The van der Waals surface area contributed by atoms with Gasteiger partial charge in [-0.2, -0.15) is 0 Å². The van der Waals surface area contributed by atoms with Gasteiger partial charge in [0.2, 0.25) is 0 Å². The molecule has 2 N–H and O–H groups in total. The Morgan fingerprint density at radius 1 is 1.15 bits per heavy atom. The Morgan fingerprint density at radius 3 is 2.45 bits per heavy atom. The first kappa shape index (κ1) is 17.2. The highest BCUT2D eigenvalue weighted by atomic mass is 35.5. The van der Waals surface area contributed by atoms with Gasteiger partial charge in [0.1, 0.15) is 18.5 Å². The molecular formula is C14H22ClNO4. The fourth-order valence-electron chi connectivity index (χ4n) is 1.59. The second kappa shape index (κ2) is 9.96. The Kier molecular flexibility index (Phi) is 8.57. The maximum atomic E-state index is 9.79. The van der Waals surface area contributed by atoms with Crippen LogP contribution in [-0.4, -0.2) is 57.8 Å². The largest absolute Gasteiger partial charge is 0.491 e. The normalized spacial score (nSPS) is 14.0. The summed E-state index contributed by atoms with van der Waals surface area (Å²) in [5.41, 5.74) is 0.